The maximum absolute atomic E-state index is 7.24. The minimum absolute atomic E-state index is 0.198. The third kappa shape index (κ3) is 7.16. The standard InChI is InChI=1S/C42H41BrO6/c1-44-41-40(47-26-31-16-12-11-15-30(31)25-43)39-38(45-27-32-17-13-14-18-33(32)28-46-39)37(49-41)29-48-42(34-19-5-2-6-20-34,35-21-7-3-8-22-35)36-23-9-4-10-24-36/h2-24,37-41H,25-29H2,1H3/t37-,38-,39+,40+,41+/m1/s1. The van der Waals surface area contributed by atoms with E-state index in [9.17, 15) is 0 Å². The highest BCUT2D eigenvalue weighted by Gasteiger charge is 2.50. The molecule has 0 aliphatic carbocycles. The summed E-state index contributed by atoms with van der Waals surface area (Å²) in [5.74, 6) is 0. The van der Waals surface area contributed by atoms with E-state index in [1.807, 2.05) is 78.9 Å². The summed E-state index contributed by atoms with van der Waals surface area (Å²) in [4.78, 5) is 0. The molecule has 1 fully saturated rings. The van der Waals surface area contributed by atoms with Crippen molar-refractivity contribution in [1.82, 2.24) is 0 Å². The van der Waals surface area contributed by atoms with E-state index in [1.165, 1.54) is 5.56 Å². The van der Waals surface area contributed by atoms with Gasteiger partial charge in [-0.1, -0.05) is 155 Å². The third-order valence-corrected chi connectivity index (χ3v) is 10.1. The lowest BCUT2D eigenvalue weighted by atomic mass is 9.80. The van der Waals surface area contributed by atoms with E-state index in [0.717, 1.165) is 38.7 Å². The monoisotopic (exact) mass is 720 g/mol. The van der Waals surface area contributed by atoms with Crippen molar-refractivity contribution in [3.05, 3.63) is 178 Å². The molecule has 0 N–H and O–H groups in total. The molecular weight excluding hydrogens is 680 g/mol. The number of methoxy groups -OCH3 is 1. The molecule has 7 heteroatoms. The van der Waals surface area contributed by atoms with Gasteiger partial charge in [-0.2, -0.15) is 0 Å². The fraction of sp³-hybridized carbons (Fsp3) is 0.286. The van der Waals surface area contributed by atoms with Crippen LogP contribution in [-0.2, 0) is 59.2 Å². The van der Waals surface area contributed by atoms with Gasteiger partial charge in [-0.05, 0) is 38.9 Å². The number of fused-ring (bicyclic) bond motifs is 2. The molecule has 2 aliphatic heterocycles. The van der Waals surface area contributed by atoms with Crippen LogP contribution >= 0.6 is 15.9 Å². The van der Waals surface area contributed by atoms with E-state index < -0.39 is 36.3 Å². The normalized spacial score (nSPS) is 22.4. The second kappa shape index (κ2) is 15.9. The molecule has 7 rings (SSSR count). The molecule has 252 valence electrons. The Hall–Kier alpha value is -3.66. The van der Waals surface area contributed by atoms with E-state index in [4.69, 9.17) is 28.4 Å². The van der Waals surface area contributed by atoms with Gasteiger partial charge in [0.05, 0.1) is 26.4 Å². The summed E-state index contributed by atoms with van der Waals surface area (Å²) in [5, 5.41) is 0.731. The fourth-order valence-corrected chi connectivity index (χ4v) is 7.52. The van der Waals surface area contributed by atoms with Gasteiger partial charge in [-0.25, -0.2) is 0 Å². The van der Waals surface area contributed by atoms with Gasteiger partial charge in [0.15, 0.2) is 6.29 Å². The summed E-state index contributed by atoms with van der Waals surface area (Å²) >= 11 is 3.62. The van der Waals surface area contributed by atoms with Gasteiger partial charge in [-0.15, -0.1) is 0 Å². The average Bonchev–Trinajstić information content (AvgIpc) is 3.16. The molecule has 0 radical (unpaired) electrons. The number of alkyl halides is 1. The first-order valence-electron chi connectivity index (χ1n) is 16.7. The van der Waals surface area contributed by atoms with E-state index in [0.29, 0.717) is 19.8 Å². The highest BCUT2D eigenvalue weighted by atomic mass is 79.9. The Labute approximate surface area is 297 Å². The predicted molar refractivity (Wildman–Crippen MR) is 192 cm³/mol. The Morgan fingerprint density at radius 3 is 1.65 bits per heavy atom. The zero-order chi connectivity index (χ0) is 33.5. The zero-order valence-electron chi connectivity index (χ0n) is 27.5. The number of hydrogen-bond acceptors (Lipinski definition) is 6. The van der Waals surface area contributed by atoms with Gasteiger partial charge in [0.25, 0.3) is 0 Å². The SMILES string of the molecule is CO[C@H]1O[C@H](COC(c2ccccc2)(c2ccccc2)c2ccccc2)[C@H]2OCc3ccccc3CO[C@@H]2[C@@H]1OCc1ccccc1CBr. The number of rotatable bonds is 11. The van der Waals surface area contributed by atoms with Crippen LogP contribution in [0.2, 0.25) is 0 Å². The van der Waals surface area contributed by atoms with Gasteiger partial charge in [0.2, 0.25) is 0 Å². The first-order chi connectivity index (χ1) is 24.2. The fourth-order valence-electron chi connectivity index (χ4n) is 6.97. The van der Waals surface area contributed by atoms with Crippen LogP contribution in [0.15, 0.2) is 140 Å². The summed E-state index contributed by atoms with van der Waals surface area (Å²) < 4.78 is 40.2. The number of halogens is 1. The zero-order valence-corrected chi connectivity index (χ0v) is 29.1. The molecule has 0 saturated carbocycles. The average molecular weight is 722 g/mol. The molecule has 5 atom stereocenters. The lowest BCUT2D eigenvalue weighted by Gasteiger charge is -2.47. The molecule has 0 unspecified atom stereocenters. The van der Waals surface area contributed by atoms with E-state index in [2.05, 4.69) is 76.6 Å². The molecular formula is C42H41BrO6. The molecule has 6 nitrogen and oxygen atoms in total. The Bertz CT molecular complexity index is 1670. The van der Waals surface area contributed by atoms with Crippen LogP contribution in [0, 0.1) is 0 Å². The first kappa shape index (κ1) is 33.8. The van der Waals surface area contributed by atoms with Crippen molar-refractivity contribution in [2.45, 2.75) is 61.5 Å². The Kier molecular flexibility index (Phi) is 11.0. The van der Waals surface area contributed by atoms with Crippen molar-refractivity contribution in [2.24, 2.45) is 0 Å². The van der Waals surface area contributed by atoms with Crippen LogP contribution in [0.4, 0.5) is 0 Å². The summed E-state index contributed by atoms with van der Waals surface area (Å²) in [6.45, 7) is 1.41. The van der Waals surface area contributed by atoms with Crippen molar-refractivity contribution in [2.75, 3.05) is 13.7 Å². The predicted octanol–water partition coefficient (Wildman–Crippen LogP) is 8.33. The molecule has 49 heavy (non-hydrogen) atoms. The van der Waals surface area contributed by atoms with E-state index in [-0.39, 0.29) is 6.61 Å². The van der Waals surface area contributed by atoms with Gasteiger partial charge < -0.3 is 28.4 Å². The number of benzene rings is 5. The molecule has 5 aromatic rings. The maximum Gasteiger partial charge on any atom is 0.186 e. The molecule has 0 spiro atoms. The third-order valence-electron chi connectivity index (χ3n) is 9.50. The topological polar surface area (TPSA) is 55.4 Å². The molecule has 5 aromatic carbocycles. The largest absolute Gasteiger partial charge is 0.368 e. The second-order valence-electron chi connectivity index (χ2n) is 12.4. The Balaban J connectivity index is 1.25. The molecule has 0 aromatic heterocycles. The lowest BCUT2D eigenvalue weighted by Crippen LogP contribution is -2.62. The molecule has 2 heterocycles. The van der Waals surface area contributed by atoms with Gasteiger partial charge in [-0.3, -0.25) is 0 Å². The van der Waals surface area contributed by atoms with Gasteiger partial charge in [0.1, 0.15) is 30.0 Å². The van der Waals surface area contributed by atoms with Crippen LogP contribution in [-0.4, -0.2) is 44.4 Å². The number of ether oxygens (including phenoxy) is 6. The first-order valence-corrected chi connectivity index (χ1v) is 17.9. The van der Waals surface area contributed by atoms with Crippen LogP contribution < -0.4 is 0 Å². The molecule has 2 aliphatic rings. The Morgan fingerprint density at radius 2 is 1.12 bits per heavy atom. The minimum atomic E-state index is -0.924. The van der Waals surface area contributed by atoms with Crippen LogP contribution in [0.5, 0.6) is 0 Å². The summed E-state index contributed by atoms with van der Waals surface area (Å²) in [6.07, 6.45) is -2.80. The maximum atomic E-state index is 7.24. The summed E-state index contributed by atoms with van der Waals surface area (Å²) in [6, 6.07) is 47.5. The Morgan fingerprint density at radius 1 is 0.633 bits per heavy atom. The molecule has 0 amide bonds. The second-order valence-corrected chi connectivity index (χ2v) is 12.9. The summed E-state index contributed by atoms with van der Waals surface area (Å²) in [5.41, 5.74) is 6.55. The van der Waals surface area contributed by atoms with Crippen molar-refractivity contribution in [3.63, 3.8) is 0 Å². The minimum Gasteiger partial charge on any atom is -0.368 e. The van der Waals surface area contributed by atoms with Crippen molar-refractivity contribution < 1.29 is 28.4 Å². The van der Waals surface area contributed by atoms with Crippen LogP contribution in [0.1, 0.15) is 38.9 Å². The smallest absolute Gasteiger partial charge is 0.186 e. The number of hydrogen-bond donors (Lipinski definition) is 0. The van der Waals surface area contributed by atoms with E-state index >= 15 is 0 Å². The van der Waals surface area contributed by atoms with Gasteiger partial charge >= 0.3 is 0 Å². The lowest BCUT2D eigenvalue weighted by molar-refractivity contribution is -0.326. The molecule has 0 bridgehead atoms. The molecule has 1 saturated heterocycles. The summed E-state index contributed by atoms with van der Waals surface area (Å²) in [7, 11) is 1.65. The van der Waals surface area contributed by atoms with Gasteiger partial charge in [0, 0.05) is 12.4 Å². The van der Waals surface area contributed by atoms with E-state index in [1.54, 1.807) is 7.11 Å². The quantitative estimate of drug-likeness (QED) is 0.101. The van der Waals surface area contributed by atoms with Crippen molar-refractivity contribution >= 4 is 15.9 Å². The van der Waals surface area contributed by atoms with Crippen molar-refractivity contribution in [3.8, 4) is 0 Å². The van der Waals surface area contributed by atoms with Crippen LogP contribution in [0.25, 0.3) is 0 Å². The van der Waals surface area contributed by atoms with Crippen molar-refractivity contribution in [1.29, 1.82) is 0 Å². The van der Waals surface area contributed by atoms with Crippen LogP contribution in [0.3, 0.4) is 0 Å². The highest BCUT2D eigenvalue weighted by molar-refractivity contribution is 9.08. The highest BCUT2D eigenvalue weighted by Crippen LogP contribution is 2.42.